The van der Waals surface area contributed by atoms with Crippen molar-refractivity contribution in [2.75, 3.05) is 31.7 Å². The van der Waals surface area contributed by atoms with Gasteiger partial charge in [-0.2, -0.15) is 16.9 Å². The van der Waals surface area contributed by atoms with Crippen molar-refractivity contribution in [3.8, 4) is 23.1 Å². The van der Waals surface area contributed by atoms with Gasteiger partial charge in [-0.25, -0.2) is 9.07 Å². The molecule has 6 nitrogen and oxygen atoms in total. The number of carbonyl (C=O) groups excluding carboxylic acids is 1. The van der Waals surface area contributed by atoms with Gasteiger partial charge in [0.25, 0.3) is 0 Å². The van der Waals surface area contributed by atoms with Gasteiger partial charge in [-0.15, -0.1) is 0 Å². The van der Waals surface area contributed by atoms with Gasteiger partial charge in [-0.1, -0.05) is 12.1 Å². The number of amides is 1. The zero-order valence-corrected chi connectivity index (χ0v) is 19.0. The lowest BCUT2D eigenvalue weighted by atomic mass is 10.1. The molecule has 1 aromatic heterocycles. The molecule has 0 saturated carbocycles. The quantitative estimate of drug-likeness (QED) is 0.520. The third kappa shape index (κ3) is 4.91. The molecule has 1 amide bonds. The minimum absolute atomic E-state index is 0.141. The van der Waals surface area contributed by atoms with Gasteiger partial charge >= 0.3 is 0 Å². The van der Waals surface area contributed by atoms with Crippen molar-refractivity contribution in [3.05, 3.63) is 65.6 Å². The molecule has 8 heteroatoms. The Kier molecular flexibility index (Phi) is 6.99. The van der Waals surface area contributed by atoms with Crippen molar-refractivity contribution < 1.29 is 18.7 Å². The van der Waals surface area contributed by atoms with Crippen molar-refractivity contribution in [2.45, 2.75) is 19.8 Å². The molecule has 4 rings (SSSR count). The first kappa shape index (κ1) is 22.2. The number of rotatable bonds is 7. The van der Waals surface area contributed by atoms with Crippen LogP contribution in [0.1, 0.15) is 17.7 Å². The second-order valence-electron chi connectivity index (χ2n) is 7.50. The molecule has 1 saturated heterocycles. The van der Waals surface area contributed by atoms with E-state index in [1.54, 1.807) is 23.9 Å². The van der Waals surface area contributed by atoms with E-state index in [9.17, 15) is 9.18 Å². The smallest absolute Gasteiger partial charge is 0.226 e. The Morgan fingerprint density at radius 2 is 1.78 bits per heavy atom. The number of aromatic nitrogens is 2. The lowest BCUT2D eigenvalue weighted by Gasteiger charge is -2.26. The van der Waals surface area contributed by atoms with Gasteiger partial charge < -0.3 is 14.4 Å². The molecule has 0 bridgehead atoms. The molecule has 2 heterocycles. The summed E-state index contributed by atoms with van der Waals surface area (Å²) in [6, 6.07) is 13.4. The lowest BCUT2D eigenvalue weighted by Crippen LogP contribution is -2.38. The van der Waals surface area contributed by atoms with Gasteiger partial charge in [0.2, 0.25) is 11.8 Å². The van der Waals surface area contributed by atoms with E-state index in [4.69, 9.17) is 9.47 Å². The zero-order valence-electron chi connectivity index (χ0n) is 18.2. The molecule has 1 aliphatic rings. The van der Waals surface area contributed by atoms with E-state index in [2.05, 4.69) is 5.10 Å². The highest BCUT2D eigenvalue weighted by Gasteiger charge is 2.23. The number of carbonyl (C=O) groups is 1. The Morgan fingerprint density at radius 1 is 1.09 bits per heavy atom. The third-order valence-corrected chi connectivity index (χ3v) is 6.38. The Hall–Kier alpha value is -3.00. The highest BCUT2D eigenvalue weighted by atomic mass is 32.2. The number of ether oxygens (including phenoxy) is 2. The normalized spacial score (nSPS) is 13.8. The summed E-state index contributed by atoms with van der Waals surface area (Å²) in [6.07, 6.45) is 0.878. The number of hydrogen-bond acceptors (Lipinski definition) is 5. The van der Waals surface area contributed by atoms with Crippen LogP contribution in [0.15, 0.2) is 48.5 Å². The predicted octanol–water partition coefficient (Wildman–Crippen LogP) is 4.63. The van der Waals surface area contributed by atoms with Crippen LogP contribution in [-0.4, -0.2) is 52.3 Å². The van der Waals surface area contributed by atoms with E-state index >= 15 is 0 Å². The van der Waals surface area contributed by atoms with Crippen LogP contribution < -0.4 is 9.47 Å². The van der Waals surface area contributed by atoms with Crippen LogP contribution in [0.4, 0.5) is 4.39 Å². The Labute approximate surface area is 191 Å². The number of halogens is 1. The van der Waals surface area contributed by atoms with Crippen molar-refractivity contribution in [2.24, 2.45) is 0 Å². The van der Waals surface area contributed by atoms with Crippen molar-refractivity contribution in [1.82, 2.24) is 14.7 Å². The molecule has 0 radical (unpaired) electrons. The van der Waals surface area contributed by atoms with Crippen LogP contribution in [0.3, 0.4) is 0 Å². The maximum Gasteiger partial charge on any atom is 0.226 e. The van der Waals surface area contributed by atoms with Gasteiger partial charge in [-0.05, 0) is 49.7 Å². The van der Waals surface area contributed by atoms with Crippen LogP contribution in [-0.2, 0) is 11.2 Å². The summed E-state index contributed by atoms with van der Waals surface area (Å²) in [5.74, 6) is 3.41. The SMILES string of the molecule is COc1ccccc1Oc1c(CCC(=O)N2CCSCC2)c(C)nn1-c1ccc(F)cc1. The van der Waals surface area contributed by atoms with E-state index in [0.717, 1.165) is 35.9 Å². The number of para-hydroxylation sites is 2. The molecule has 0 aliphatic carbocycles. The van der Waals surface area contributed by atoms with Gasteiger partial charge in [0.05, 0.1) is 18.5 Å². The molecular weight excluding hydrogens is 429 g/mol. The summed E-state index contributed by atoms with van der Waals surface area (Å²) in [4.78, 5) is 14.7. The molecule has 0 spiro atoms. The van der Waals surface area contributed by atoms with E-state index < -0.39 is 0 Å². The minimum atomic E-state index is -0.324. The predicted molar refractivity (Wildman–Crippen MR) is 124 cm³/mol. The molecular formula is C24H26FN3O3S. The summed E-state index contributed by atoms with van der Waals surface area (Å²) in [5.41, 5.74) is 2.28. The third-order valence-electron chi connectivity index (χ3n) is 5.44. The largest absolute Gasteiger partial charge is 0.493 e. The minimum Gasteiger partial charge on any atom is -0.493 e. The zero-order chi connectivity index (χ0) is 22.5. The van der Waals surface area contributed by atoms with E-state index in [1.807, 2.05) is 47.9 Å². The van der Waals surface area contributed by atoms with Crippen LogP contribution in [0, 0.1) is 12.7 Å². The molecule has 1 fully saturated rings. The van der Waals surface area contributed by atoms with Crippen LogP contribution >= 0.6 is 11.8 Å². The first-order chi connectivity index (χ1) is 15.6. The number of methoxy groups -OCH3 is 1. The first-order valence-corrected chi connectivity index (χ1v) is 11.7. The average molecular weight is 456 g/mol. The average Bonchev–Trinajstić information content (AvgIpc) is 3.13. The summed E-state index contributed by atoms with van der Waals surface area (Å²) in [5, 5.41) is 4.65. The topological polar surface area (TPSA) is 56.6 Å². The molecule has 32 heavy (non-hydrogen) atoms. The maximum atomic E-state index is 13.5. The second-order valence-corrected chi connectivity index (χ2v) is 8.73. The Balaban J connectivity index is 1.66. The second kappa shape index (κ2) is 10.1. The van der Waals surface area contributed by atoms with E-state index in [-0.39, 0.29) is 11.7 Å². The first-order valence-electron chi connectivity index (χ1n) is 10.6. The lowest BCUT2D eigenvalue weighted by molar-refractivity contribution is -0.130. The Bertz CT molecular complexity index is 1080. The molecule has 0 unspecified atom stereocenters. The van der Waals surface area contributed by atoms with Crippen molar-refractivity contribution in [3.63, 3.8) is 0 Å². The standard InChI is InChI=1S/C24H26FN3O3S/c1-17-20(11-12-23(29)27-13-15-32-16-14-27)24(31-22-6-4-3-5-21(22)30-2)28(26-17)19-9-7-18(25)8-10-19/h3-10H,11-16H2,1-2H3. The van der Waals surface area contributed by atoms with Crippen LogP contribution in [0.5, 0.6) is 17.4 Å². The van der Waals surface area contributed by atoms with Crippen molar-refractivity contribution in [1.29, 1.82) is 0 Å². The number of benzene rings is 2. The monoisotopic (exact) mass is 455 g/mol. The van der Waals surface area contributed by atoms with Crippen LogP contribution in [0.2, 0.25) is 0 Å². The van der Waals surface area contributed by atoms with Gasteiger partial charge in [-0.3, -0.25) is 4.79 Å². The fraction of sp³-hybridized carbons (Fsp3) is 0.333. The van der Waals surface area contributed by atoms with Gasteiger partial charge in [0.15, 0.2) is 11.5 Å². The summed E-state index contributed by atoms with van der Waals surface area (Å²) >= 11 is 1.88. The highest BCUT2D eigenvalue weighted by Crippen LogP contribution is 2.36. The van der Waals surface area contributed by atoms with Gasteiger partial charge in [0.1, 0.15) is 5.82 Å². The molecule has 3 aromatic rings. The number of aryl methyl sites for hydroxylation is 1. The Morgan fingerprint density at radius 3 is 2.47 bits per heavy atom. The molecule has 0 atom stereocenters. The van der Waals surface area contributed by atoms with Gasteiger partial charge in [0, 0.05) is 36.6 Å². The number of nitrogens with zero attached hydrogens (tertiary/aromatic N) is 3. The molecule has 1 aliphatic heterocycles. The van der Waals surface area contributed by atoms with E-state index in [1.165, 1.54) is 12.1 Å². The number of hydrogen-bond donors (Lipinski definition) is 0. The van der Waals surface area contributed by atoms with Crippen molar-refractivity contribution >= 4 is 17.7 Å². The molecule has 0 N–H and O–H groups in total. The fourth-order valence-corrected chi connectivity index (χ4v) is 4.60. The number of thioether (sulfide) groups is 1. The van der Waals surface area contributed by atoms with Crippen LogP contribution in [0.25, 0.3) is 5.69 Å². The highest BCUT2D eigenvalue weighted by molar-refractivity contribution is 7.99. The molecule has 168 valence electrons. The summed E-state index contributed by atoms with van der Waals surface area (Å²) in [6.45, 7) is 3.48. The summed E-state index contributed by atoms with van der Waals surface area (Å²) < 4.78 is 26.9. The maximum absolute atomic E-state index is 13.5. The molecule has 2 aromatic carbocycles. The van der Waals surface area contributed by atoms with E-state index in [0.29, 0.717) is 35.9 Å². The summed E-state index contributed by atoms with van der Waals surface area (Å²) in [7, 11) is 1.58. The fourth-order valence-electron chi connectivity index (χ4n) is 3.70.